The molecule has 5 heteroatoms. The van der Waals surface area contributed by atoms with Crippen LogP contribution < -0.4 is 9.63 Å². The smallest absolute Gasteiger partial charge is 0.353 e. The molecule has 2 aliphatic rings. The summed E-state index contributed by atoms with van der Waals surface area (Å²) in [5.41, 5.74) is 5.03. The van der Waals surface area contributed by atoms with E-state index in [0.717, 1.165) is 23.3 Å². The monoisotopic (exact) mass is 294 g/mol. The van der Waals surface area contributed by atoms with Crippen LogP contribution in [0.3, 0.4) is 0 Å². The van der Waals surface area contributed by atoms with Crippen molar-refractivity contribution < 1.29 is 4.73 Å². The van der Waals surface area contributed by atoms with E-state index in [4.69, 9.17) is 0 Å². The predicted octanol–water partition coefficient (Wildman–Crippen LogP) is 3.43. The first-order chi connectivity index (χ1) is 10.8. The zero-order valence-corrected chi connectivity index (χ0v) is 12.4. The van der Waals surface area contributed by atoms with Gasteiger partial charge in [-0.1, -0.05) is 6.07 Å². The standard InChI is InChI=1S/C17H18N4O/c22-21-10-2-1-7-16(21)19-18-15-11-13-5-3-8-20-9-4-6-14(12-15)17(13)20/h1-2,7,10-12H,3-6,8-9H2/b19-18+. The summed E-state index contributed by atoms with van der Waals surface area (Å²) in [5, 5.41) is 20.0. The van der Waals surface area contributed by atoms with Crippen LogP contribution >= 0.6 is 0 Å². The molecule has 0 spiro atoms. The van der Waals surface area contributed by atoms with Crippen molar-refractivity contribution in [1.29, 1.82) is 0 Å². The van der Waals surface area contributed by atoms with Crippen molar-refractivity contribution in [2.24, 2.45) is 10.2 Å². The van der Waals surface area contributed by atoms with E-state index in [1.165, 1.54) is 48.9 Å². The summed E-state index contributed by atoms with van der Waals surface area (Å²) in [4.78, 5) is 2.50. The Kier molecular flexibility index (Phi) is 3.25. The van der Waals surface area contributed by atoms with Crippen LogP contribution in [0.5, 0.6) is 0 Å². The van der Waals surface area contributed by atoms with E-state index >= 15 is 0 Å². The second kappa shape index (κ2) is 5.40. The quantitative estimate of drug-likeness (QED) is 0.484. The highest BCUT2D eigenvalue weighted by atomic mass is 16.5. The van der Waals surface area contributed by atoms with Crippen molar-refractivity contribution >= 4 is 17.2 Å². The number of hydrogen-bond acceptors (Lipinski definition) is 4. The fraction of sp³-hybridized carbons (Fsp3) is 0.353. The third-order valence-electron chi connectivity index (χ3n) is 4.39. The van der Waals surface area contributed by atoms with Crippen LogP contribution in [0, 0.1) is 5.21 Å². The molecule has 112 valence electrons. The lowest BCUT2D eigenvalue weighted by molar-refractivity contribution is -0.591. The summed E-state index contributed by atoms with van der Waals surface area (Å²) >= 11 is 0. The molecular formula is C17H18N4O. The molecule has 22 heavy (non-hydrogen) atoms. The summed E-state index contributed by atoms with van der Waals surface area (Å²) in [6.45, 7) is 2.34. The van der Waals surface area contributed by atoms with Crippen molar-refractivity contribution in [3.63, 3.8) is 0 Å². The Morgan fingerprint density at radius 3 is 2.41 bits per heavy atom. The summed E-state index contributed by atoms with van der Waals surface area (Å²) in [7, 11) is 0. The third kappa shape index (κ3) is 2.32. The van der Waals surface area contributed by atoms with E-state index in [0.29, 0.717) is 5.82 Å². The minimum atomic E-state index is 0.315. The fourth-order valence-electron chi connectivity index (χ4n) is 3.45. The first-order valence-electron chi connectivity index (χ1n) is 7.82. The van der Waals surface area contributed by atoms with Crippen molar-refractivity contribution in [3.05, 3.63) is 52.9 Å². The van der Waals surface area contributed by atoms with Gasteiger partial charge in [-0.15, -0.1) is 0 Å². The van der Waals surface area contributed by atoms with Gasteiger partial charge < -0.3 is 10.1 Å². The molecule has 0 amide bonds. The lowest BCUT2D eigenvalue weighted by Gasteiger charge is -2.36. The Labute approximate surface area is 129 Å². The molecule has 0 saturated carbocycles. The number of benzene rings is 1. The number of rotatable bonds is 2. The maximum atomic E-state index is 11.6. The predicted molar refractivity (Wildman–Crippen MR) is 84.9 cm³/mol. The van der Waals surface area contributed by atoms with E-state index in [2.05, 4.69) is 27.3 Å². The molecule has 3 heterocycles. The number of aromatic nitrogens is 1. The van der Waals surface area contributed by atoms with Crippen molar-refractivity contribution in [2.45, 2.75) is 25.7 Å². The average molecular weight is 294 g/mol. The average Bonchev–Trinajstić information content (AvgIpc) is 2.55. The summed E-state index contributed by atoms with van der Waals surface area (Å²) in [6.07, 6.45) is 6.05. The summed E-state index contributed by atoms with van der Waals surface area (Å²) < 4.78 is 0.730. The Hall–Kier alpha value is -2.43. The minimum absolute atomic E-state index is 0.315. The van der Waals surface area contributed by atoms with Crippen molar-refractivity contribution in [3.8, 4) is 0 Å². The largest absolute Gasteiger partial charge is 0.710 e. The molecule has 1 aromatic carbocycles. The second-order valence-electron chi connectivity index (χ2n) is 5.89. The molecule has 2 aromatic rings. The van der Waals surface area contributed by atoms with Crippen molar-refractivity contribution in [1.82, 2.24) is 0 Å². The molecule has 0 N–H and O–H groups in total. The summed E-state index contributed by atoms with van der Waals surface area (Å²) in [5.74, 6) is 0.315. The minimum Gasteiger partial charge on any atom is -0.710 e. The zero-order chi connectivity index (χ0) is 14.9. The second-order valence-corrected chi connectivity index (χ2v) is 5.89. The maximum Gasteiger partial charge on any atom is 0.353 e. The van der Waals surface area contributed by atoms with Gasteiger partial charge in [-0.3, -0.25) is 0 Å². The van der Waals surface area contributed by atoms with Gasteiger partial charge in [0.05, 0.1) is 11.3 Å². The Bertz CT molecular complexity index is 710. The van der Waals surface area contributed by atoms with Crippen LogP contribution in [0.25, 0.3) is 0 Å². The van der Waals surface area contributed by atoms with Gasteiger partial charge in [-0.25, -0.2) is 4.73 Å². The third-order valence-corrected chi connectivity index (χ3v) is 4.39. The van der Waals surface area contributed by atoms with Crippen LogP contribution in [-0.4, -0.2) is 13.1 Å². The SMILES string of the molecule is [O-][n+]1ccccc1/N=N/c1cc2c3c(c1)CCCN3CCC2. The topological polar surface area (TPSA) is 54.9 Å². The van der Waals surface area contributed by atoms with Crippen LogP contribution in [0.2, 0.25) is 0 Å². The number of azo groups is 1. The highest BCUT2D eigenvalue weighted by Gasteiger charge is 2.24. The van der Waals surface area contributed by atoms with Crippen LogP contribution in [0.4, 0.5) is 17.2 Å². The van der Waals surface area contributed by atoms with E-state index < -0.39 is 0 Å². The zero-order valence-electron chi connectivity index (χ0n) is 12.4. The maximum absolute atomic E-state index is 11.6. The van der Waals surface area contributed by atoms with Gasteiger partial charge in [0.2, 0.25) is 0 Å². The Morgan fingerprint density at radius 1 is 1.00 bits per heavy atom. The molecule has 0 atom stereocenters. The Balaban J connectivity index is 1.70. The number of pyridine rings is 1. The van der Waals surface area contributed by atoms with Gasteiger partial charge in [0.15, 0.2) is 0 Å². The molecule has 0 fully saturated rings. The van der Waals surface area contributed by atoms with Crippen molar-refractivity contribution in [2.75, 3.05) is 18.0 Å². The van der Waals surface area contributed by atoms with Gasteiger partial charge in [0.25, 0.3) is 0 Å². The molecule has 0 bridgehead atoms. The molecule has 1 aromatic heterocycles. The van der Waals surface area contributed by atoms with Crippen LogP contribution in [0.15, 0.2) is 46.8 Å². The van der Waals surface area contributed by atoms with E-state index in [1.807, 2.05) is 0 Å². The first kappa shape index (κ1) is 13.2. The Morgan fingerprint density at radius 2 is 1.73 bits per heavy atom. The molecule has 4 rings (SSSR count). The number of aryl methyl sites for hydroxylation is 2. The molecule has 5 nitrogen and oxygen atoms in total. The molecule has 0 radical (unpaired) electrons. The number of anilines is 1. The van der Waals surface area contributed by atoms with Gasteiger partial charge in [0, 0.05) is 24.8 Å². The van der Waals surface area contributed by atoms with Gasteiger partial charge >= 0.3 is 5.82 Å². The van der Waals surface area contributed by atoms with E-state index in [9.17, 15) is 5.21 Å². The molecule has 0 saturated heterocycles. The number of nitrogens with zero attached hydrogens (tertiary/aromatic N) is 4. The summed E-state index contributed by atoms with van der Waals surface area (Å²) in [6, 6.07) is 9.39. The molecular weight excluding hydrogens is 276 g/mol. The first-order valence-corrected chi connectivity index (χ1v) is 7.82. The van der Waals surface area contributed by atoms with Crippen LogP contribution in [0.1, 0.15) is 24.0 Å². The lowest BCUT2D eigenvalue weighted by atomic mass is 9.91. The number of hydrogen-bond donors (Lipinski definition) is 0. The fourth-order valence-corrected chi connectivity index (χ4v) is 3.45. The van der Waals surface area contributed by atoms with Crippen LogP contribution in [-0.2, 0) is 12.8 Å². The van der Waals surface area contributed by atoms with Gasteiger partial charge in [0.1, 0.15) is 5.69 Å². The van der Waals surface area contributed by atoms with Gasteiger partial charge in [-0.05, 0) is 60.1 Å². The van der Waals surface area contributed by atoms with E-state index in [-0.39, 0.29) is 0 Å². The highest BCUT2D eigenvalue weighted by molar-refractivity contribution is 5.67. The molecule has 0 aliphatic carbocycles. The van der Waals surface area contributed by atoms with E-state index in [1.54, 1.807) is 18.2 Å². The lowest BCUT2D eigenvalue weighted by Crippen LogP contribution is -2.34. The molecule has 0 unspecified atom stereocenters. The molecule has 2 aliphatic heterocycles. The van der Waals surface area contributed by atoms with Gasteiger partial charge in [-0.2, -0.15) is 0 Å². The normalized spacial score (nSPS) is 16.8. The highest BCUT2D eigenvalue weighted by Crippen LogP contribution is 2.38.